The molecule has 102 valence electrons. The second kappa shape index (κ2) is 5.30. The third-order valence-electron chi connectivity index (χ3n) is 3.32. The summed E-state index contributed by atoms with van der Waals surface area (Å²) in [6, 6.07) is 6.48. The van der Waals surface area contributed by atoms with E-state index in [1.54, 1.807) is 29.2 Å². The van der Waals surface area contributed by atoms with E-state index in [9.17, 15) is 9.59 Å². The lowest BCUT2D eigenvalue weighted by Crippen LogP contribution is -2.43. The van der Waals surface area contributed by atoms with Gasteiger partial charge in [0.2, 0.25) is 5.91 Å². The fourth-order valence-corrected chi connectivity index (χ4v) is 2.27. The van der Waals surface area contributed by atoms with Crippen LogP contribution in [0.25, 0.3) is 0 Å². The number of nitrogen functional groups attached to an aromatic ring is 1. The zero-order valence-corrected chi connectivity index (χ0v) is 11.2. The Hall–Kier alpha value is -2.04. The highest BCUT2D eigenvalue weighted by Gasteiger charge is 2.33. The summed E-state index contributed by atoms with van der Waals surface area (Å²) in [6.45, 7) is 4.64. The molecule has 1 aliphatic rings. The molecule has 1 aromatic rings. The van der Waals surface area contributed by atoms with Gasteiger partial charge in [0.1, 0.15) is 6.04 Å². The topological polar surface area (TPSA) is 75.4 Å². The number of nitrogens with one attached hydrogen (secondary N) is 1. The van der Waals surface area contributed by atoms with Gasteiger partial charge in [0.25, 0.3) is 5.91 Å². The van der Waals surface area contributed by atoms with Crippen LogP contribution in [0.4, 0.5) is 5.69 Å². The van der Waals surface area contributed by atoms with Crippen LogP contribution in [-0.2, 0) is 4.79 Å². The van der Waals surface area contributed by atoms with Gasteiger partial charge in [0.05, 0.1) is 0 Å². The first-order valence-electron chi connectivity index (χ1n) is 6.46. The molecule has 0 saturated carbocycles. The zero-order valence-electron chi connectivity index (χ0n) is 11.2. The van der Waals surface area contributed by atoms with Crippen molar-refractivity contribution in [2.24, 2.45) is 0 Å². The molecule has 3 N–H and O–H groups in total. The average molecular weight is 261 g/mol. The molecule has 0 bridgehead atoms. The average Bonchev–Trinajstić information content (AvgIpc) is 2.71. The molecule has 1 saturated heterocycles. The highest BCUT2D eigenvalue weighted by Crippen LogP contribution is 2.15. The van der Waals surface area contributed by atoms with Crippen LogP contribution in [0.15, 0.2) is 24.3 Å². The molecule has 2 rings (SSSR count). The maximum absolute atomic E-state index is 12.1. The molecule has 1 aromatic carbocycles. The number of likely N-dealkylation sites (tertiary alicyclic amines) is 1. The van der Waals surface area contributed by atoms with Crippen LogP contribution < -0.4 is 11.1 Å². The van der Waals surface area contributed by atoms with Crippen LogP contribution in [0.3, 0.4) is 0 Å². The molecule has 5 heteroatoms. The lowest BCUT2D eigenvalue weighted by Gasteiger charge is -2.21. The molecular formula is C14H19N3O2. The van der Waals surface area contributed by atoms with Crippen molar-refractivity contribution >= 4 is 17.5 Å². The highest BCUT2D eigenvalue weighted by atomic mass is 16.2. The number of amides is 2. The molecule has 2 amide bonds. The van der Waals surface area contributed by atoms with Gasteiger partial charge in [0.15, 0.2) is 0 Å². The van der Waals surface area contributed by atoms with Crippen molar-refractivity contribution in [2.45, 2.75) is 32.4 Å². The minimum atomic E-state index is -0.420. The first-order chi connectivity index (χ1) is 8.99. The Labute approximate surface area is 112 Å². The lowest BCUT2D eigenvalue weighted by atomic mass is 10.1. The molecule has 1 atom stereocenters. The predicted octanol–water partition coefficient (Wildman–Crippen LogP) is 1.01. The molecule has 1 unspecified atom stereocenters. The van der Waals surface area contributed by atoms with Crippen molar-refractivity contribution in [1.29, 1.82) is 0 Å². The lowest BCUT2D eigenvalue weighted by molar-refractivity contribution is -0.130. The summed E-state index contributed by atoms with van der Waals surface area (Å²) in [7, 11) is 0. The van der Waals surface area contributed by atoms with Gasteiger partial charge < -0.3 is 16.0 Å². The molecule has 19 heavy (non-hydrogen) atoms. The first kappa shape index (κ1) is 13.4. The summed E-state index contributed by atoms with van der Waals surface area (Å²) < 4.78 is 0. The van der Waals surface area contributed by atoms with Crippen molar-refractivity contribution < 1.29 is 9.59 Å². The van der Waals surface area contributed by atoms with Crippen molar-refractivity contribution in [3.05, 3.63) is 29.8 Å². The van der Waals surface area contributed by atoms with Crippen molar-refractivity contribution in [3.63, 3.8) is 0 Å². The van der Waals surface area contributed by atoms with Crippen LogP contribution in [-0.4, -0.2) is 35.3 Å². The summed E-state index contributed by atoms with van der Waals surface area (Å²) in [5.41, 5.74) is 6.66. The highest BCUT2D eigenvalue weighted by molar-refractivity contribution is 5.98. The number of hydrogen-bond acceptors (Lipinski definition) is 3. The Kier molecular flexibility index (Phi) is 3.74. The predicted molar refractivity (Wildman–Crippen MR) is 73.6 cm³/mol. The van der Waals surface area contributed by atoms with Crippen LogP contribution in [0, 0.1) is 0 Å². The van der Waals surface area contributed by atoms with Gasteiger partial charge in [-0.25, -0.2) is 0 Å². The molecular weight excluding hydrogens is 242 g/mol. The molecule has 0 aromatic heterocycles. The summed E-state index contributed by atoms with van der Waals surface area (Å²) in [5, 5.41) is 2.77. The summed E-state index contributed by atoms with van der Waals surface area (Å²) in [4.78, 5) is 25.9. The number of carbonyl (C=O) groups excluding carboxylic acids is 2. The van der Waals surface area contributed by atoms with Gasteiger partial charge in [-0.15, -0.1) is 0 Å². The molecule has 0 spiro atoms. The summed E-state index contributed by atoms with van der Waals surface area (Å²) in [6.07, 6.45) is 0.658. The number of rotatable bonds is 3. The van der Waals surface area contributed by atoms with Crippen LogP contribution in [0.1, 0.15) is 30.6 Å². The third-order valence-corrected chi connectivity index (χ3v) is 3.32. The largest absolute Gasteiger partial charge is 0.399 e. The van der Waals surface area contributed by atoms with Gasteiger partial charge in [0, 0.05) is 23.8 Å². The van der Waals surface area contributed by atoms with E-state index in [1.807, 2.05) is 13.8 Å². The van der Waals surface area contributed by atoms with Gasteiger partial charge in [-0.2, -0.15) is 0 Å². The monoisotopic (exact) mass is 261 g/mol. The first-order valence-corrected chi connectivity index (χ1v) is 6.46. The Balaban J connectivity index is 2.03. The Morgan fingerprint density at radius 3 is 2.79 bits per heavy atom. The van der Waals surface area contributed by atoms with E-state index in [-0.39, 0.29) is 17.9 Å². The van der Waals surface area contributed by atoms with Gasteiger partial charge in [-0.3, -0.25) is 9.59 Å². The van der Waals surface area contributed by atoms with E-state index in [0.29, 0.717) is 24.2 Å². The van der Waals surface area contributed by atoms with Crippen LogP contribution in [0.2, 0.25) is 0 Å². The molecule has 0 aliphatic carbocycles. The van der Waals surface area contributed by atoms with Crippen LogP contribution in [0.5, 0.6) is 0 Å². The standard InChI is InChI=1S/C14H19N3O2/c1-9(2)17-7-6-12(14(17)19)16-13(18)10-4-3-5-11(15)8-10/h3-5,8-9,12H,6-7,15H2,1-2H3,(H,16,18). The van der Waals surface area contributed by atoms with Gasteiger partial charge in [-0.1, -0.05) is 6.07 Å². The number of nitrogens with two attached hydrogens (primary N) is 1. The normalized spacial score (nSPS) is 19.0. The van der Waals surface area contributed by atoms with E-state index in [4.69, 9.17) is 5.73 Å². The van der Waals surface area contributed by atoms with Crippen molar-refractivity contribution in [2.75, 3.05) is 12.3 Å². The second-order valence-corrected chi connectivity index (χ2v) is 5.07. The molecule has 5 nitrogen and oxygen atoms in total. The maximum Gasteiger partial charge on any atom is 0.252 e. The second-order valence-electron chi connectivity index (χ2n) is 5.07. The Morgan fingerprint density at radius 2 is 2.21 bits per heavy atom. The number of hydrogen-bond donors (Lipinski definition) is 2. The maximum atomic E-state index is 12.1. The Bertz CT molecular complexity index is 499. The number of carbonyl (C=O) groups is 2. The van der Waals surface area contributed by atoms with E-state index in [2.05, 4.69) is 5.32 Å². The van der Waals surface area contributed by atoms with Crippen molar-refractivity contribution in [1.82, 2.24) is 10.2 Å². The smallest absolute Gasteiger partial charge is 0.252 e. The fraction of sp³-hybridized carbons (Fsp3) is 0.429. The Morgan fingerprint density at radius 1 is 1.47 bits per heavy atom. The van der Waals surface area contributed by atoms with E-state index in [0.717, 1.165) is 0 Å². The number of nitrogens with zero attached hydrogens (tertiary/aromatic N) is 1. The number of benzene rings is 1. The minimum Gasteiger partial charge on any atom is -0.399 e. The summed E-state index contributed by atoms with van der Waals surface area (Å²) in [5.74, 6) is -0.261. The summed E-state index contributed by atoms with van der Waals surface area (Å²) >= 11 is 0. The van der Waals surface area contributed by atoms with E-state index < -0.39 is 6.04 Å². The molecule has 0 radical (unpaired) electrons. The van der Waals surface area contributed by atoms with E-state index >= 15 is 0 Å². The minimum absolute atomic E-state index is 0.00717. The molecule has 1 aliphatic heterocycles. The third kappa shape index (κ3) is 2.86. The van der Waals surface area contributed by atoms with Crippen molar-refractivity contribution in [3.8, 4) is 0 Å². The van der Waals surface area contributed by atoms with Gasteiger partial charge >= 0.3 is 0 Å². The quantitative estimate of drug-likeness (QED) is 0.797. The van der Waals surface area contributed by atoms with Gasteiger partial charge in [-0.05, 0) is 38.5 Å². The SMILES string of the molecule is CC(C)N1CCC(NC(=O)c2cccc(N)c2)C1=O. The van der Waals surface area contributed by atoms with Crippen LogP contribution >= 0.6 is 0 Å². The number of anilines is 1. The zero-order chi connectivity index (χ0) is 14.0. The van der Waals surface area contributed by atoms with E-state index in [1.165, 1.54) is 0 Å². The molecule has 1 fully saturated rings. The fourth-order valence-electron chi connectivity index (χ4n) is 2.27. The molecule has 1 heterocycles.